The van der Waals surface area contributed by atoms with Crippen molar-refractivity contribution in [3.8, 4) is 0 Å². The maximum atomic E-state index is 5.54. The summed E-state index contributed by atoms with van der Waals surface area (Å²) in [6, 6.07) is 9.08. The van der Waals surface area contributed by atoms with Crippen LogP contribution in [-0.4, -0.2) is 44.3 Å². The maximum Gasteiger partial charge on any atom is 0.0594 e. The number of ether oxygens (including phenoxy) is 1. The molecule has 0 saturated carbocycles. The highest BCUT2D eigenvalue weighted by Gasteiger charge is 2.40. The van der Waals surface area contributed by atoms with Crippen LogP contribution < -0.4 is 5.32 Å². The van der Waals surface area contributed by atoms with Gasteiger partial charge in [-0.3, -0.25) is 4.90 Å². The van der Waals surface area contributed by atoms with Gasteiger partial charge in [0.1, 0.15) is 0 Å². The number of piperidine rings is 1. The summed E-state index contributed by atoms with van der Waals surface area (Å²) in [6.07, 6.45) is 2.41. The first-order chi connectivity index (χ1) is 9.31. The number of morpholine rings is 1. The van der Waals surface area contributed by atoms with Crippen LogP contribution in [0.5, 0.6) is 0 Å². The fourth-order valence-corrected chi connectivity index (χ4v) is 3.55. The molecule has 0 unspecified atom stereocenters. The monoisotopic (exact) mass is 260 g/mol. The fourth-order valence-electron chi connectivity index (χ4n) is 3.55. The molecule has 3 nitrogen and oxygen atoms in total. The molecule has 2 fully saturated rings. The molecule has 2 aliphatic heterocycles. The van der Waals surface area contributed by atoms with Crippen molar-refractivity contribution in [2.45, 2.75) is 25.3 Å². The van der Waals surface area contributed by atoms with Crippen molar-refractivity contribution in [2.24, 2.45) is 0 Å². The molecule has 0 spiro atoms. The Morgan fingerprint density at radius 1 is 1.16 bits per heavy atom. The summed E-state index contributed by atoms with van der Waals surface area (Å²) in [6.45, 7) is 8.30. The third-order valence-corrected chi connectivity index (χ3v) is 4.60. The minimum atomic E-state index is 0.223. The van der Waals surface area contributed by atoms with E-state index in [9.17, 15) is 0 Å². The second-order valence-electron chi connectivity index (χ2n) is 5.75. The van der Waals surface area contributed by atoms with Crippen LogP contribution in [0.1, 0.15) is 24.0 Å². The normalized spacial score (nSPS) is 24.3. The Morgan fingerprint density at radius 3 is 2.58 bits per heavy atom. The number of hydrogen-bond donors (Lipinski definition) is 1. The van der Waals surface area contributed by atoms with Gasteiger partial charge in [0, 0.05) is 18.6 Å². The molecule has 19 heavy (non-hydrogen) atoms. The van der Waals surface area contributed by atoms with Crippen molar-refractivity contribution >= 4 is 0 Å². The van der Waals surface area contributed by atoms with E-state index in [0.717, 1.165) is 39.4 Å². The lowest BCUT2D eigenvalue weighted by Crippen LogP contribution is -2.55. The number of nitrogens with one attached hydrogen (secondary N) is 1. The van der Waals surface area contributed by atoms with Gasteiger partial charge < -0.3 is 10.1 Å². The molecule has 0 atom stereocenters. The van der Waals surface area contributed by atoms with Gasteiger partial charge in [0.05, 0.1) is 13.2 Å². The average molecular weight is 260 g/mol. The third kappa shape index (κ3) is 2.55. The second kappa shape index (κ2) is 5.61. The molecule has 0 aromatic heterocycles. The van der Waals surface area contributed by atoms with Crippen molar-refractivity contribution in [2.75, 3.05) is 39.4 Å². The van der Waals surface area contributed by atoms with E-state index in [-0.39, 0.29) is 5.54 Å². The van der Waals surface area contributed by atoms with Crippen LogP contribution in [0, 0.1) is 6.92 Å². The van der Waals surface area contributed by atoms with E-state index in [1.807, 2.05) is 0 Å². The second-order valence-corrected chi connectivity index (χ2v) is 5.75. The van der Waals surface area contributed by atoms with Crippen LogP contribution in [0.4, 0.5) is 0 Å². The zero-order valence-electron chi connectivity index (χ0n) is 11.8. The van der Waals surface area contributed by atoms with E-state index < -0.39 is 0 Å². The Labute approximate surface area is 115 Å². The lowest BCUT2D eigenvalue weighted by atomic mass is 9.79. The predicted octanol–water partition coefficient (Wildman–Crippen LogP) is 1.91. The number of benzene rings is 1. The van der Waals surface area contributed by atoms with Gasteiger partial charge >= 0.3 is 0 Å². The lowest BCUT2D eigenvalue weighted by Gasteiger charge is -2.48. The number of nitrogens with zero attached hydrogens (tertiary/aromatic N) is 1. The van der Waals surface area contributed by atoms with Crippen LogP contribution in [-0.2, 0) is 10.3 Å². The molecule has 2 saturated heterocycles. The van der Waals surface area contributed by atoms with Crippen molar-refractivity contribution in [1.29, 1.82) is 0 Å². The van der Waals surface area contributed by atoms with Crippen LogP contribution in [0.15, 0.2) is 24.3 Å². The predicted molar refractivity (Wildman–Crippen MR) is 77.4 cm³/mol. The topological polar surface area (TPSA) is 24.5 Å². The van der Waals surface area contributed by atoms with Gasteiger partial charge in [-0.2, -0.15) is 0 Å². The molecule has 0 amide bonds. The SMILES string of the molecule is Cc1cccc(C2(N3CCOCC3)CCNCC2)c1. The molecular weight excluding hydrogens is 236 g/mol. The Morgan fingerprint density at radius 2 is 1.89 bits per heavy atom. The summed E-state index contributed by atoms with van der Waals surface area (Å²) < 4.78 is 5.54. The van der Waals surface area contributed by atoms with Crippen molar-refractivity contribution < 1.29 is 4.74 Å². The molecule has 0 bridgehead atoms. The molecule has 3 rings (SSSR count). The summed E-state index contributed by atoms with van der Waals surface area (Å²) in [7, 11) is 0. The zero-order valence-corrected chi connectivity index (χ0v) is 11.8. The standard InChI is InChI=1S/C16H24N2O/c1-14-3-2-4-15(13-14)16(5-7-17-8-6-16)18-9-11-19-12-10-18/h2-4,13,17H,5-12H2,1H3. The van der Waals surface area contributed by atoms with E-state index in [4.69, 9.17) is 4.74 Å². The van der Waals surface area contributed by atoms with Crippen molar-refractivity contribution in [1.82, 2.24) is 10.2 Å². The molecule has 1 aromatic rings. The molecule has 0 radical (unpaired) electrons. The summed E-state index contributed by atoms with van der Waals surface area (Å²) in [4.78, 5) is 2.66. The molecular formula is C16H24N2O. The van der Waals surface area contributed by atoms with Crippen LogP contribution in [0.3, 0.4) is 0 Å². The largest absolute Gasteiger partial charge is 0.379 e. The highest BCUT2D eigenvalue weighted by atomic mass is 16.5. The van der Waals surface area contributed by atoms with E-state index in [0.29, 0.717) is 0 Å². The van der Waals surface area contributed by atoms with E-state index in [1.54, 1.807) is 0 Å². The highest BCUT2D eigenvalue weighted by molar-refractivity contribution is 5.30. The molecule has 1 aromatic carbocycles. The summed E-state index contributed by atoms with van der Waals surface area (Å²) in [5, 5.41) is 3.51. The van der Waals surface area contributed by atoms with Crippen molar-refractivity contribution in [3.63, 3.8) is 0 Å². The van der Waals surface area contributed by atoms with Gasteiger partial charge in [-0.15, -0.1) is 0 Å². The van der Waals surface area contributed by atoms with Gasteiger partial charge in [0.25, 0.3) is 0 Å². The van der Waals surface area contributed by atoms with Gasteiger partial charge in [-0.05, 0) is 38.4 Å². The average Bonchev–Trinajstić information content (AvgIpc) is 2.49. The van der Waals surface area contributed by atoms with Gasteiger partial charge in [-0.25, -0.2) is 0 Å². The Bertz CT molecular complexity index is 421. The number of hydrogen-bond acceptors (Lipinski definition) is 3. The first kappa shape index (κ1) is 13.1. The van der Waals surface area contributed by atoms with Crippen LogP contribution >= 0.6 is 0 Å². The van der Waals surface area contributed by atoms with Gasteiger partial charge in [-0.1, -0.05) is 29.8 Å². The quantitative estimate of drug-likeness (QED) is 0.879. The number of rotatable bonds is 2. The Hall–Kier alpha value is -0.900. The van der Waals surface area contributed by atoms with E-state index >= 15 is 0 Å². The highest BCUT2D eigenvalue weighted by Crippen LogP contribution is 2.37. The molecule has 1 N–H and O–H groups in total. The Balaban J connectivity index is 1.95. The molecule has 104 valence electrons. The molecule has 3 heteroatoms. The van der Waals surface area contributed by atoms with Crippen molar-refractivity contribution in [3.05, 3.63) is 35.4 Å². The molecule has 2 heterocycles. The fraction of sp³-hybridized carbons (Fsp3) is 0.625. The Kier molecular flexibility index (Phi) is 3.87. The zero-order chi connectivity index (χ0) is 13.1. The van der Waals surface area contributed by atoms with Gasteiger partial charge in [0.15, 0.2) is 0 Å². The summed E-state index contributed by atoms with van der Waals surface area (Å²) in [5.41, 5.74) is 3.08. The number of aryl methyl sites for hydroxylation is 1. The first-order valence-corrected chi connectivity index (χ1v) is 7.42. The van der Waals surface area contributed by atoms with E-state index in [1.165, 1.54) is 24.0 Å². The molecule has 2 aliphatic rings. The minimum Gasteiger partial charge on any atom is -0.379 e. The lowest BCUT2D eigenvalue weighted by molar-refractivity contribution is -0.0376. The van der Waals surface area contributed by atoms with Gasteiger partial charge in [0.2, 0.25) is 0 Å². The first-order valence-electron chi connectivity index (χ1n) is 7.42. The van der Waals surface area contributed by atoms with Crippen LogP contribution in [0.2, 0.25) is 0 Å². The summed E-state index contributed by atoms with van der Waals surface area (Å²) in [5.74, 6) is 0. The third-order valence-electron chi connectivity index (χ3n) is 4.60. The maximum absolute atomic E-state index is 5.54. The smallest absolute Gasteiger partial charge is 0.0594 e. The minimum absolute atomic E-state index is 0.223. The summed E-state index contributed by atoms with van der Waals surface area (Å²) >= 11 is 0. The molecule has 0 aliphatic carbocycles. The van der Waals surface area contributed by atoms with E-state index in [2.05, 4.69) is 41.4 Å². The van der Waals surface area contributed by atoms with Crippen LogP contribution in [0.25, 0.3) is 0 Å².